The summed E-state index contributed by atoms with van der Waals surface area (Å²) in [6, 6.07) is 6.84. The molecular formula is C13H12BrNO3. The third kappa shape index (κ3) is 2.61. The van der Waals surface area contributed by atoms with Crippen LogP contribution in [0.15, 0.2) is 39.7 Å². The molecule has 0 spiro atoms. The van der Waals surface area contributed by atoms with Crippen LogP contribution in [-0.4, -0.2) is 17.1 Å². The van der Waals surface area contributed by atoms with Crippen molar-refractivity contribution in [1.29, 1.82) is 0 Å². The molecule has 0 amide bonds. The predicted molar refractivity (Wildman–Crippen MR) is 72.5 cm³/mol. The lowest BCUT2D eigenvalue weighted by atomic mass is 10.2. The van der Waals surface area contributed by atoms with Gasteiger partial charge in [-0.1, -0.05) is 15.9 Å². The SMILES string of the molecule is CCOC(=O)Cn1ccc(=O)c2cc(Br)ccc21. The molecule has 1 aromatic heterocycles. The number of ether oxygens (including phenoxy) is 1. The van der Waals surface area contributed by atoms with Gasteiger partial charge in [0, 0.05) is 22.1 Å². The van der Waals surface area contributed by atoms with E-state index in [2.05, 4.69) is 15.9 Å². The van der Waals surface area contributed by atoms with Crippen LogP contribution in [0.25, 0.3) is 10.9 Å². The highest BCUT2D eigenvalue weighted by Gasteiger charge is 2.07. The van der Waals surface area contributed by atoms with Crippen LogP contribution in [0.1, 0.15) is 6.92 Å². The minimum atomic E-state index is -0.314. The molecule has 0 atom stereocenters. The summed E-state index contributed by atoms with van der Waals surface area (Å²) in [6.45, 7) is 2.22. The fourth-order valence-corrected chi connectivity index (χ4v) is 2.13. The molecule has 4 nitrogen and oxygen atoms in total. The predicted octanol–water partition coefficient (Wildman–Crippen LogP) is 2.33. The Labute approximate surface area is 112 Å². The van der Waals surface area contributed by atoms with E-state index in [9.17, 15) is 9.59 Å². The molecule has 0 aliphatic rings. The number of aromatic nitrogens is 1. The normalized spacial score (nSPS) is 10.6. The summed E-state index contributed by atoms with van der Waals surface area (Å²) in [5.74, 6) is -0.314. The van der Waals surface area contributed by atoms with Crippen molar-refractivity contribution < 1.29 is 9.53 Å². The molecule has 1 heterocycles. The number of esters is 1. The molecule has 0 N–H and O–H groups in total. The monoisotopic (exact) mass is 309 g/mol. The van der Waals surface area contributed by atoms with Crippen molar-refractivity contribution in [2.24, 2.45) is 0 Å². The largest absolute Gasteiger partial charge is 0.465 e. The molecule has 0 aliphatic carbocycles. The van der Waals surface area contributed by atoms with Crippen molar-refractivity contribution in [2.45, 2.75) is 13.5 Å². The highest BCUT2D eigenvalue weighted by atomic mass is 79.9. The van der Waals surface area contributed by atoms with Crippen molar-refractivity contribution in [1.82, 2.24) is 4.57 Å². The first-order valence-electron chi connectivity index (χ1n) is 5.56. The second-order valence-electron chi connectivity index (χ2n) is 3.77. The Morgan fingerprint density at radius 1 is 1.39 bits per heavy atom. The van der Waals surface area contributed by atoms with Gasteiger partial charge in [-0.25, -0.2) is 0 Å². The van der Waals surface area contributed by atoms with Crippen molar-refractivity contribution in [3.05, 3.63) is 45.2 Å². The Morgan fingerprint density at radius 3 is 2.89 bits per heavy atom. The third-order valence-corrected chi connectivity index (χ3v) is 3.04. The molecule has 2 aromatic rings. The van der Waals surface area contributed by atoms with Gasteiger partial charge in [0.15, 0.2) is 5.43 Å². The molecule has 0 bridgehead atoms. The van der Waals surface area contributed by atoms with E-state index in [0.717, 1.165) is 9.99 Å². The van der Waals surface area contributed by atoms with Crippen LogP contribution in [0.4, 0.5) is 0 Å². The molecule has 0 aliphatic heterocycles. The standard InChI is InChI=1S/C13H12BrNO3/c1-2-18-13(17)8-15-6-5-12(16)10-7-9(14)3-4-11(10)15/h3-7H,2,8H2,1H3. The highest BCUT2D eigenvalue weighted by molar-refractivity contribution is 9.10. The number of nitrogens with zero attached hydrogens (tertiary/aromatic N) is 1. The number of hydrogen-bond donors (Lipinski definition) is 0. The van der Waals surface area contributed by atoms with Gasteiger partial charge in [0.2, 0.25) is 0 Å². The van der Waals surface area contributed by atoms with Crippen LogP contribution in [0.3, 0.4) is 0 Å². The van der Waals surface area contributed by atoms with Crippen molar-refractivity contribution in [3.63, 3.8) is 0 Å². The summed E-state index contributed by atoms with van der Waals surface area (Å²) in [5, 5.41) is 0.580. The van der Waals surface area contributed by atoms with Gasteiger partial charge >= 0.3 is 5.97 Å². The van der Waals surface area contributed by atoms with E-state index in [1.165, 1.54) is 6.07 Å². The Morgan fingerprint density at radius 2 is 2.17 bits per heavy atom. The second kappa shape index (κ2) is 5.35. The van der Waals surface area contributed by atoms with Gasteiger partial charge in [-0.2, -0.15) is 0 Å². The maximum Gasteiger partial charge on any atom is 0.325 e. The van der Waals surface area contributed by atoms with Gasteiger partial charge in [0.25, 0.3) is 0 Å². The fourth-order valence-electron chi connectivity index (χ4n) is 1.77. The molecule has 2 rings (SSSR count). The first-order chi connectivity index (χ1) is 8.61. The van der Waals surface area contributed by atoms with Crippen LogP contribution < -0.4 is 5.43 Å². The van der Waals surface area contributed by atoms with Crippen LogP contribution in [0.5, 0.6) is 0 Å². The number of hydrogen-bond acceptors (Lipinski definition) is 3. The molecule has 0 saturated carbocycles. The minimum Gasteiger partial charge on any atom is -0.465 e. The van der Waals surface area contributed by atoms with E-state index in [0.29, 0.717) is 12.0 Å². The summed E-state index contributed by atoms with van der Waals surface area (Å²) in [7, 11) is 0. The summed E-state index contributed by atoms with van der Waals surface area (Å²) in [4.78, 5) is 23.2. The molecular weight excluding hydrogens is 298 g/mol. The Hall–Kier alpha value is -1.62. The van der Waals surface area contributed by atoms with E-state index in [-0.39, 0.29) is 17.9 Å². The summed E-state index contributed by atoms with van der Waals surface area (Å²) in [6.07, 6.45) is 1.61. The molecule has 18 heavy (non-hydrogen) atoms. The first-order valence-corrected chi connectivity index (χ1v) is 6.35. The summed E-state index contributed by atoms with van der Waals surface area (Å²) in [5.41, 5.74) is 0.658. The fraction of sp³-hybridized carbons (Fsp3) is 0.231. The summed E-state index contributed by atoms with van der Waals surface area (Å²) >= 11 is 3.33. The molecule has 5 heteroatoms. The molecule has 1 aromatic carbocycles. The van der Waals surface area contributed by atoms with E-state index in [1.54, 1.807) is 29.8 Å². The van der Waals surface area contributed by atoms with Gasteiger partial charge in [-0.3, -0.25) is 9.59 Å². The Kier molecular flexibility index (Phi) is 3.81. The lowest BCUT2D eigenvalue weighted by Crippen LogP contribution is -2.16. The van der Waals surface area contributed by atoms with Crippen LogP contribution in [-0.2, 0) is 16.1 Å². The van der Waals surface area contributed by atoms with E-state index < -0.39 is 0 Å². The van der Waals surface area contributed by atoms with E-state index in [1.807, 2.05) is 6.07 Å². The zero-order valence-corrected chi connectivity index (χ0v) is 11.4. The van der Waals surface area contributed by atoms with E-state index in [4.69, 9.17) is 4.74 Å². The molecule has 94 valence electrons. The number of benzene rings is 1. The van der Waals surface area contributed by atoms with Crippen molar-refractivity contribution in [2.75, 3.05) is 6.61 Å². The third-order valence-electron chi connectivity index (χ3n) is 2.54. The highest BCUT2D eigenvalue weighted by Crippen LogP contribution is 2.17. The Bertz CT molecular complexity index is 648. The Balaban J connectivity index is 2.49. The number of fused-ring (bicyclic) bond motifs is 1. The second-order valence-corrected chi connectivity index (χ2v) is 4.69. The number of rotatable bonds is 3. The van der Waals surface area contributed by atoms with Gasteiger partial charge < -0.3 is 9.30 Å². The van der Waals surface area contributed by atoms with Crippen LogP contribution in [0.2, 0.25) is 0 Å². The van der Waals surface area contributed by atoms with Gasteiger partial charge in [-0.15, -0.1) is 0 Å². The van der Waals surface area contributed by atoms with Crippen molar-refractivity contribution >= 4 is 32.8 Å². The van der Waals surface area contributed by atoms with Crippen molar-refractivity contribution in [3.8, 4) is 0 Å². The number of carbonyl (C=O) groups is 1. The van der Waals surface area contributed by atoms with Gasteiger partial charge in [0.05, 0.1) is 12.1 Å². The van der Waals surface area contributed by atoms with Crippen LogP contribution >= 0.6 is 15.9 Å². The number of carbonyl (C=O) groups excluding carboxylic acids is 1. The molecule has 0 saturated heterocycles. The number of pyridine rings is 1. The molecule has 0 unspecified atom stereocenters. The lowest BCUT2D eigenvalue weighted by molar-refractivity contribution is -0.143. The zero-order chi connectivity index (χ0) is 13.1. The van der Waals surface area contributed by atoms with Crippen LogP contribution in [0, 0.1) is 0 Å². The molecule has 0 fully saturated rings. The first kappa shape index (κ1) is 12.8. The average Bonchev–Trinajstić information content (AvgIpc) is 2.33. The van der Waals surface area contributed by atoms with E-state index >= 15 is 0 Å². The maximum atomic E-state index is 11.7. The average molecular weight is 310 g/mol. The topological polar surface area (TPSA) is 48.3 Å². The van der Waals surface area contributed by atoms with Gasteiger partial charge in [0.1, 0.15) is 6.54 Å². The quantitative estimate of drug-likeness (QED) is 0.818. The lowest BCUT2D eigenvalue weighted by Gasteiger charge is -2.10. The molecule has 0 radical (unpaired) electrons. The minimum absolute atomic E-state index is 0.0635. The smallest absolute Gasteiger partial charge is 0.325 e. The summed E-state index contributed by atoms with van der Waals surface area (Å²) < 4.78 is 7.45. The van der Waals surface area contributed by atoms with Gasteiger partial charge in [-0.05, 0) is 25.1 Å². The maximum absolute atomic E-state index is 11.7. The zero-order valence-electron chi connectivity index (χ0n) is 9.85. The number of halogens is 1.